The molecule has 4 heterocycles. The Morgan fingerprint density at radius 2 is 1.93 bits per heavy atom. The Kier molecular flexibility index (Phi) is 5.06. The molecule has 1 aliphatic rings. The molecule has 0 unspecified atom stereocenters. The Balaban J connectivity index is 1.38. The van der Waals surface area contributed by atoms with Crippen LogP contribution in [0.2, 0.25) is 0 Å². The van der Waals surface area contributed by atoms with Crippen molar-refractivity contribution < 1.29 is 4.52 Å². The largest absolute Gasteiger partial charge is 0.340 e. The van der Waals surface area contributed by atoms with Crippen LogP contribution in [0.25, 0.3) is 11.3 Å². The molecule has 0 spiro atoms. The Labute approximate surface area is 156 Å². The van der Waals surface area contributed by atoms with Crippen molar-refractivity contribution in [1.82, 2.24) is 29.8 Å². The minimum absolute atomic E-state index is 0.0579. The highest BCUT2D eigenvalue weighted by Crippen LogP contribution is 2.20. The molecule has 0 bridgehead atoms. The standard InChI is InChI=1S/C19H22N6O2/c1-14-21-18(23-27-14)13-24-10-6-15(7-11-24)12-25-19(26)3-2-17(22-25)16-4-8-20-9-5-16/h2-5,8-9,15H,6-7,10-13H2,1H3. The first-order valence-corrected chi connectivity index (χ1v) is 9.17. The molecule has 0 aromatic carbocycles. The van der Waals surface area contributed by atoms with Crippen LogP contribution in [0.3, 0.4) is 0 Å². The number of aryl methyl sites for hydroxylation is 1. The predicted molar refractivity (Wildman–Crippen MR) is 98.8 cm³/mol. The molecule has 3 aromatic rings. The fourth-order valence-electron chi connectivity index (χ4n) is 3.43. The molecule has 0 aliphatic carbocycles. The zero-order valence-corrected chi connectivity index (χ0v) is 15.3. The van der Waals surface area contributed by atoms with Gasteiger partial charge in [0.25, 0.3) is 5.56 Å². The van der Waals surface area contributed by atoms with Crippen LogP contribution in [0.5, 0.6) is 0 Å². The summed E-state index contributed by atoms with van der Waals surface area (Å²) >= 11 is 0. The van der Waals surface area contributed by atoms with E-state index in [1.807, 2.05) is 12.1 Å². The molecule has 1 fully saturated rings. The highest BCUT2D eigenvalue weighted by Gasteiger charge is 2.21. The smallest absolute Gasteiger partial charge is 0.266 e. The van der Waals surface area contributed by atoms with Gasteiger partial charge in [-0.15, -0.1) is 0 Å². The SMILES string of the molecule is Cc1nc(CN2CCC(Cn3nc(-c4ccncc4)ccc3=O)CC2)no1. The van der Waals surface area contributed by atoms with Gasteiger partial charge in [0.15, 0.2) is 5.82 Å². The summed E-state index contributed by atoms with van der Waals surface area (Å²) in [6.45, 7) is 5.06. The van der Waals surface area contributed by atoms with E-state index >= 15 is 0 Å². The molecule has 0 N–H and O–H groups in total. The van der Waals surface area contributed by atoms with E-state index in [1.165, 1.54) is 0 Å². The van der Waals surface area contributed by atoms with Crippen molar-refractivity contribution in [1.29, 1.82) is 0 Å². The lowest BCUT2D eigenvalue weighted by atomic mass is 9.97. The monoisotopic (exact) mass is 366 g/mol. The fourth-order valence-corrected chi connectivity index (χ4v) is 3.43. The summed E-state index contributed by atoms with van der Waals surface area (Å²) in [6, 6.07) is 7.16. The number of piperidine rings is 1. The van der Waals surface area contributed by atoms with Crippen LogP contribution in [0.4, 0.5) is 0 Å². The van der Waals surface area contributed by atoms with Crippen molar-refractivity contribution in [3.63, 3.8) is 0 Å². The molecule has 0 saturated carbocycles. The Morgan fingerprint density at radius 3 is 2.63 bits per heavy atom. The maximum atomic E-state index is 12.2. The van der Waals surface area contributed by atoms with Crippen LogP contribution >= 0.6 is 0 Å². The summed E-state index contributed by atoms with van der Waals surface area (Å²) in [5, 5.41) is 8.52. The molecule has 27 heavy (non-hydrogen) atoms. The van der Waals surface area contributed by atoms with Gasteiger partial charge < -0.3 is 4.52 Å². The second-order valence-corrected chi connectivity index (χ2v) is 6.92. The Hall–Kier alpha value is -2.87. The molecule has 140 valence electrons. The van der Waals surface area contributed by atoms with Gasteiger partial charge in [0.1, 0.15) is 0 Å². The first-order chi connectivity index (χ1) is 13.2. The van der Waals surface area contributed by atoms with Gasteiger partial charge in [0, 0.05) is 37.5 Å². The molecule has 0 atom stereocenters. The van der Waals surface area contributed by atoms with E-state index in [-0.39, 0.29) is 5.56 Å². The second kappa shape index (κ2) is 7.79. The molecule has 1 aliphatic heterocycles. The highest BCUT2D eigenvalue weighted by atomic mass is 16.5. The third-order valence-electron chi connectivity index (χ3n) is 4.92. The second-order valence-electron chi connectivity index (χ2n) is 6.92. The zero-order valence-electron chi connectivity index (χ0n) is 15.3. The number of likely N-dealkylation sites (tertiary alicyclic amines) is 1. The number of nitrogens with zero attached hydrogens (tertiary/aromatic N) is 6. The van der Waals surface area contributed by atoms with Gasteiger partial charge in [-0.05, 0) is 50.0 Å². The normalized spacial score (nSPS) is 15.9. The van der Waals surface area contributed by atoms with Crippen molar-refractivity contribution in [2.75, 3.05) is 13.1 Å². The number of rotatable bonds is 5. The van der Waals surface area contributed by atoms with E-state index < -0.39 is 0 Å². The van der Waals surface area contributed by atoms with Gasteiger partial charge in [0.05, 0.1) is 12.2 Å². The number of hydrogen-bond donors (Lipinski definition) is 0. The lowest BCUT2D eigenvalue weighted by molar-refractivity contribution is 0.159. The number of aromatic nitrogens is 5. The van der Waals surface area contributed by atoms with Crippen LogP contribution < -0.4 is 5.56 Å². The topological polar surface area (TPSA) is 89.9 Å². The van der Waals surface area contributed by atoms with E-state index in [2.05, 4.69) is 25.1 Å². The lowest BCUT2D eigenvalue weighted by Crippen LogP contribution is -2.36. The summed E-state index contributed by atoms with van der Waals surface area (Å²) in [7, 11) is 0. The maximum absolute atomic E-state index is 12.2. The van der Waals surface area contributed by atoms with E-state index in [0.717, 1.165) is 43.0 Å². The third kappa shape index (κ3) is 4.28. The van der Waals surface area contributed by atoms with Gasteiger partial charge in [-0.3, -0.25) is 14.7 Å². The van der Waals surface area contributed by atoms with Crippen molar-refractivity contribution in [3.05, 3.63) is 58.7 Å². The van der Waals surface area contributed by atoms with Gasteiger partial charge in [-0.1, -0.05) is 5.16 Å². The fraction of sp³-hybridized carbons (Fsp3) is 0.421. The average Bonchev–Trinajstić information content (AvgIpc) is 3.10. The molecule has 0 radical (unpaired) electrons. The predicted octanol–water partition coefficient (Wildman–Crippen LogP) is 1.91. The average molecular weight is 366 g/mol. The van der Waals surface area contributed by atoms with Crippen molar-refractivity contribution in [3.8, 4) is 11.3 Å². The minimum Gasteiger partial charge on any atom is -0.340 e. The number of pyridine rings is 1. The zero-order chi connectivity index (χ0) is 18.6. The van der Waals surface area contributed by atoms with E-state index in [9.17, 15) is 4.79 Å². The quantitative estimate of drug-likeness (QED) is 0.681. The van der Waals surface area contributed by atoms with Crippen molar-refractivity contribution >= 4 is 0 Å². The summed E-state index contributed by atoms with van der Waals surface area (Å²) in [6.07, 6.45) is 5.50. The van der Waals surface area contributed by atoms with E-state index in [0.29, 0.717) is 24.9 Å². The maximum Gasteiger partial charge on any atom is 0.266 e. The van der Waals surface area contributed by atoms with Crippen LogP contribution in [-0.4, -0.2) is 42.9 Å². The van der Waals surface area contributed by atoms with Crippen molar-refractivity contribution in [2.24, 2.45) is 5.92 Å². The van der Waals surface area contributed by atoms with Crippen LogP contribution in [0.15, 0.2) is 46.0 Å². The molecular formula is C19H22N6O2. The van der Waals surface area contributed by atoms with Gasteiger partial charge in [-0.25, -0.2) is 4.68 Å². The summed E-state index contributed by atoms with van der Waals surface area (Å²) in [5.41, 5.74) is 1.70. The molecule has 8 heteroatoms. The van der Waals surface area contributed by atoms with Crippen molar-refractivity contribution in [2.45, 2.75) is 32.9 Å². The molecule has 3 aromatic heterocycles. The molecule has 0 amide bonds. The minimum atomic E-state index is -0.0579. The van der Waals surface area contributed by atoms with Crippen LogP contribution in [0, 0.1) is 12.8 Å². The Bertz CT molecular complexity index is 944. The van der Waals surface area contributed by atoms with Gasteiger partial charge in [0.2, 0.25) is 5.89 Å². The van der Waals surface area contributed by atoms with E-state index in [4.69, 9.17) is 4.52 Å². The highest BCUT2D eigenvalue weighted by molar-refractivity contribution is 5.56. The summed E-state index contributed by atoms with van der Waals surface area (Å²) < 4.78 is 6.62. The van der Waals surface area contributed by atoms with E-state index in [1.54, 1.807) is 36.1 Å². The van der Waals surface area contributed by atoms with Crippen LogP contribution in [-0.2, 0) is 13.1 Å². The van der Waals surface area contributed by atoms with Gasteiger partial charge in [-0.2, -0.15) is 10.1 Å². The molecule has 4 rings (SSSR count). The first-order valence-electron chi connectivity index (χ1n) is 9.17. The lowest BCUT2D eigenvalue weighted by Gasteiger charge is -2.31. The molecule has 8 nitrogen and oxygen atoms in total. The molecular weight excluding hydrogens is 344 g/mol. The van der Waals surface area contributed by atoms with Gasteiger partial charge >= 0.3 is 0 Å². The molecule has 1 saturated heterocycles. The summed E-state index contributed by atoms with van der Waals surface area (Å²) in [4.78, 5) is 22.8. The van der Waals surface area contributed by atoms with Crippen LogP contribution in [0.1, 0.15) is 24.6 Å². The Morgan fingerprint density at radius 1 is 1.15 bits per heavy atom. The number of hydrogen-bond acceptors (Lipinski definition) is 7. The third-order valence-corrected chi connectivity index (χ3v) is 4.92. The summed E-state index contributed by atoms with van der Waals surface area (Å²) in [5.74, 6) is 1.76. The first kappa shape index (κ1) is 17.5.